The molecule has 90 valence electrons. The molecule has 2 aromatic rings. The van der Waals surface area contributed by atoms with Crippen LogP contribution >= 0.6 is 0 Å². The quantitative estimate of drug-likeness (QED) is 0.768. The number of nitrogen functional groups attached to an aromatic ring is 1. The van der Waals surface area contributed by atoms with Crippen LogP contribution in [0.2, 0.25) is 0 Å². The van der Waals surface area contributed by atoms with E-state index in [9.17, 15) is 4.79 Å². The number of H-pyrrole nitrogens is 1. The maximum absolute atomic E-state index is 11.5. The van der Waals surface area contributed by atoms with E-state index in [0.29, 0.717) is 5.65 Å². The zero-order valence-corrected chi connectivity index (χ0v) is 9.73. The van der Waals surface area contributed by atoms with E-state index in [4.69, 9.17) is 5.73 Å². The first kappa shape index (κ1) is 11.5. The van der Waals surface area contributed by atoms with Crippen LogP contribution in [-0.2, 0) is 6.42 Å². The van der Waals surface area contributed by atoms with Gasteiger partial charge in [0, 0.05) is 6.20 Å². The Morgan fingerprint density at radius 3 is 2.94 bits per heavy atom. The van der Waals surface area contributed by atoms with Crippen LogP contribution < -0.4 is 11.3 Å². The molecular weight excluding hydrogens is 218 g/mol. The molecule has 0 aromatic carbocycles. The lowest BCUT2D eigenvalue weighted by Crippen LogP contribution is -2.14. The molecule has 17 heavy (non-hydrogen) atoms. The third kappa shape index (κ3) is 2.58. The van der Waals surface area contributed by atoms with Crippen molar-refractivity contribution in [3.8, 4) is 0 Å². The van der Waals surface area contributed by atoms with Gasteiger partial charge < -0.3 is 5.73 Å². The average molecular weight is 233 g/mol. The van der Waals surface area contributed by atoms with Gasteiger partial charge in [0.2, 0.25) is 5.95 Å². The van der Waals surface area contributed by atoms with Gasteiger partial charge in [-0.2, -0.15) is 4.98 Å². The summed E-state index contributed by atoms with van der Waals surface area (Å²) in [5.41, 5.74) is 6.52. The van der Waals surface area contributed by atoms with Gasteiger partial charge in [-0.15, -0.1) is 0 Å². The number of aryl methyl sites for hydroxylation is 1. The molecule has 0 saturated carbocycles. The summed E-state index contributed by atoms with van der Waals surface area (Å²) in [6, 6.07) is 0. The Morgan fingerprint density at radius 1 is 1.35 bits per heavy atom. The Hall–Kier alpha value is -1.98. The van der Waals surface area contributed by atoms with Crippen LogP contribution in [0, 0.1) is 0 Å². The number of aromatic nitrogens is 4. The lowest BCUT2D eigenvalue weighted by Gasteiger charge is -2.01. The van der Waals surface area contributed by atoms with Crippen molar-refractivity contribution in [3.63, 3.8) is 0 Å². The lowest BCUT2D eigenvalue weighted by atomic mass is 10.2. The molecule has 0 saturated heterocycles. The number of anilines is 1. The molecule has 0 unspecified atom stereocenters. The van der Waals surface area contributed by atoms with Gasteiger partial charge in [-0.3, -0.25) is 9.78 Å². The predicted molar refractivity (Wildman–Crippen MR) is 65.6 cm³/mol. The molecule has 0 aliphatic carbocycles. The second-order valence-corrected chi connectivity index (χ2v) is 3.94. The molecule has 0 bridgehead atoms. The van der Waals surface area contributed by atoms with Gasteiger partial charge >= 0.3 is 0 Å². The van der Waals surface area contributed by atoms with Crippen molar-refractivity contribution in [3.05, 3.63) is 22.2 Å². The average Bonchev–Trinajstić information content (AvgIpc) is 2.28. The number of nitrogens with two attached hydrogens (primary N) is 1. The van der Waals surface area contributed by atoms with Crippen LogP contribution in [-0.4, -0.2) is 19.9 Å². The third-order valence-electron chi connectivity index (χ3n) is 2.52. The number of hydrogen-bond donors (Lipinski definition) is 2. The maximum Gasteiger partial charge on any atom is 0.280 e. The molecule has 0 fully saturated rings. The highest BCUT2D eigenvalue weighted by Crippen LogP contribution is 2.06. The SMILES string of the molecule is CCCCCc1cnc2c(=O)[nH]c(N)nc2n1. The molecule has 2 heterocycles. The molecule has 0 radical (unpaired) electrons. The molecule has 0 amide bonds. The molecule has 0 aliphatic heterocycles. The van der Waals surface area contributed by atoms with E-state index < -0.39 is 0 Å². The van der Waals surface area contributed by atoms with Crippen LogP contribution in [0.1, 0.15) is 31.9 Å². The Balaban J connectivity index is 2.33. The molecule has 0 aliphatic rings. The fourth-order valence-corrected chi connectivity index (χ4v) is 1.65. The van der Waals surface area contributed by atoms with E-state index in [0.717, 1.165) is 31.4 Å². The minimum atomic E-state index is -0.347. The highest BCUT2D eigenvalue weighted by Gasteiger charge is 2.05. The van der Waals surface area contributed by atoms with Gasteiger partial charge in [0.05, 0.1) is 5.69 Å². The zero-order chi connectivity index (χ0) is 12.3. The van der Waals surface area contributed by atoms with Crippen molar-refractivity contribution in [2.24, 2.45) is 0 Å². The third-order valence-corrected chi connectivity index (χ3v) is 2.52. The van der Waals surface area contributed by atoms with Crippen LogP contribution in [0.25, 0.3) is 11.2 Å². The van der Waals surface area contributed by atoms with Gasteiger partial charge in [-0.05, 0) is 12.8 Å². The number of unbranched alkanes of at least 4 members (excludes halogenated alkanes) is 2. The predicted octanol–water partition coefficient (Wildman–Crippen LogP) is 1.03. The van der Waals surface area contributed by atoms with Crippen LogP contribution in [0.4, 0.5) is 5.95 Å². The number of fused-ring (bicyclic) bond motifs is 1. The Bertz CT molecular complexity index is 578. The van der Waals surface area contributed by atoms with Crippen molar-refractivity contribution in [1.82, 2.24) is 19.9 Å². The largest absolute Gasteiger partial charge is 0.369 e. The number of rotatable bonds is 4. The molecular formula is C11H15N5O. The number of aromatic amines is 1. The first-order chi connectivity index (χ1) is 8.20. The molecule has 6 nitrogen and oxygen atoms in total. The highest BCUT2D eigenvalue weighted by atomic mass is 16.1. The van der Waals surface area contributed by atoms with Crippen molar-refractivity contribution < 1.29 is 0 Å². The normalized spacial score (nSPS) is 10.9. The highest BCUT2D eigenvalue weighted by molar-refractivity contribution is 5.69. The maximum atomic E-state index is 11.5. The molecule has 2 rings (SSSR count). The number of nitrogens with one attached hydrogen (secondary N) is 1. The fraction of sp³-hybridized carbons (Fsp3) is 0.455. The van der Waals surface area contributed by atoms with Crippen molar-refractivity contribution >= 4 is 17.1 Å². The summed E-state index contributed by atoms with van der Waals surface area (Å²) < 4.78 is 0. The number of hydrogen-bond acceptors (Lipinski definition) is 5. The van der Waals surface area contributed by atoms with Gasteiger partial charge in [0.25, 0.3) is 5.56 Å². The Morgan fingerprint density at radius 2 is 2.18 bits per heavy atom. The Kier molecular flexibility index (Phi) is 3.32. The molecule has 0 spiro atoms. The summed E-state index contributed by atoms with van der Waals surface area (Å²) in [6.45, 7) is 2.15. The molecule has 0 atom stereocenters. The fourth-order valence-electron chi connectivity index (χ4n) is 1.65. The lowest BCUT2D eigenvalue weighted by molar-refractivity contribution is 0.706. The van der Waals surface area contributed by atoms with Crippen molar-refractivity contribution in [2.75, 3.05) is 5.73 Å². The minimum absolute atomic E-state index is 0.0718. The minimum Gasteiger partial charge on any atom is -0.369 e. The summed E-state index contributed by atoms with van der Waals surface area (Å²) in [7, 11) is 0. The van der Waals surface area contributed by atoms with Crippen LogP contribution in [0.5, 0.6) is 0 Å². The van der Waals surface area contributed by atoms with E-state index in [1.165, 1.54) is 0 Å². The first-order valence-electron chi connectivity index (χ1n) is 5.72. The summed E-state index contributed by atoms with van der Waals surface area (Å²) in [4.78, 5) is 26.2. The van der Waals surface area contributed by atoms with E-state index in [-0.39, 0.29) is 17.0 Å². The molecule has 3 N–H and O–H groups in total. The van der Waals surface area contributed by atoms with E-state index >= 15 is 0 Å². The van der Waals surface area contributed by atoms with Crippen molar-refractivity contribution in [2.45, 2.75) is 32.6 Å². The Labute approximate surface area is 98.3 Å². The second-order valence-electron chi connectivity index (χ2n) is 3.94. The topological polar surface area (TPSA) is 97.5 Å². The van der Waals surface area contributed by atoms with Gasteiger partial charge in [0.1, 0.15) is 0 Å². The zero-order valence-electron chi connectivity index (χ0n) is 9.73. The molecule has 2 aromatic heterocycles. The van der Waals surface area contributed by atoms with E-state index in [1.807, 2.05) is 0 Å². The summed E-state index contributed by atoms with van der Waals surface area (Å²) >= 11 is 0. The summed E-state index contributed by atoms with van der Waals surface area (Å²) in [5.74, 6) is 0.0718. The van der Waals surface area contributed by atoms with Crippen LogP contribution in [0.15, 0.2) is 11.0 Å². The standard InChI is InChI=1S/C11H15N5O/c1-2-3-4-5-7-6-13-8-9(14-7)15-11(12)16-10(8)17/h6H,2-5H2,1H3,(H3,12,14,15,16,17). The smallest absolute Gasteiger partial charge is 0.280 e. The second kappa shape index (κ2) is 4.90. The molecule has 6 heteroatoms. The van der Waals surface area contributed by atoms with Gasteiger partial charge in [-0.1, -0.05) is 19.8 Å². The van der Waals surface area contributed by atoms with E-state index in [2.05, 4.69) is 26.9 Å². The van der Waals surface area contributed by atoms with E-state index in [1.54, 1.807) is 6.20 Å². The summed E-state index contributed by atoms with van der Waals surface area (Å²) in [6.07, 6.45) is 5.86. The number of nitrogens with zero attached hydrogens (tertiary/aromatic N) is 3. The first-order valence-corrected chi connectivity index (χ1v) is 5.72. The van der Waals surface area contributed by atoms with Crippen molar-refractivity contribution in [1.29, 1.82) is 0 Å². The monoisotopic (exact) mass is 233 g/mol. The van der Waals surface area contributed by atoms with Gasteiger partial charge in [-0.25, -0.2) is 9.97 Å². The van der Waals surface area contributed by atoms with Crippen LogP contribution in [0.3, 0.4) is 0 Å². The van der Waals surface area contributed by atoms with Gasteiger partial charge in [0.15, 0.2) is 11.2 Å². The summed E-state index contributed by atoms with van der Waals surface area (Å²) in [5, 5.41) is 0.